The molecule has 8 nitrogen and oxygen atoms in total. The van der Waals surface area contributed by atoms with Crippen molar-refractivity contribution in [2.24, 2.45) is 5.41 Å². The fourth-order valence-electron chi connectivity index (χ4n) is 6.05. The molecule has 43 heavy (non-hydrogen) atoms. The van der Waals surface area contributed by atoms with E-state index in [1.807, 2.05) is 31.2 Å². The average molecular weight is 595 g/mol. The van der Waals surface area contributed by atoms with Crippen LogP contribution < -0.4 is 28.4 Å². The van der Waals surface area contributed by atoms with Gasteiger partial charge < -0.3 is 28.4 Å². The van der Waals surface area contributed by atoms with E-state index in [1.165, 1.54) is 0 Å². The van der Waals surface area contributed by atoms with Gasteiger partial charge in [0.15, 0.2) is 23.0 Å². The van der Waals surface area contributed by atoms with Gasteiger partial charge >= 0.3 is 0 Å². The Morgan fingerprint density at radius 1 is 0.860 bits per heavy atom. The molecule has 0 amide bonds. The van der Waals surface area contributed by atoms with Crippen molar-refractivity contribution in [1.29, 1.82) is 5.26 Å². The molecule has 2 heterocycles. The van der Waals surface area contributed by atoms with Crippen LogP contribution in [0.4, 0.5) is 0 Å². The normalized spacial score (nSPS) is 17.6. The summed E-state index contributed by atoms with van der Waals surface area (Å²) < 4.78 is 36.8. The summed E-state index contributed by atoms with van der Waals surface area (Å²) in [5, 5.41) is 10.2. The molecule has 0 saturated heterocycles. The number of fused-ring (bicyclic) bond motifs is 2. The highest BCUT2D eigenvalue weighted by atomic mass is 16.7. The van der Waals surface area contributed by atoms with Crippen molar-refractivity contribution in [3.63, 3.8) is 0 Å². The first-order chi connectivity index (χ1) is 20.9. The van der Waals surface area contributed by atoms with Crippen molar-refractivity contribution in [1.82, 2.24) is 4.90 Å². The Bertz CT molecular complexity index is 1220. The molecule has 0 fully saturated rings. The molecule has 2 aliphatic heterocycles. The number of ether oxygens (including phenoxy) is 6. The molecule has 0 bridgehead atoms. The summed E-state index contributed by atoms with van der Waals surface area (Å²) in [6, 6.07) is 10.4. The summed E-state index contributed by atoms with van der Waals surface area (Å²) in [6.45, 7) is 8.29. The van der Waals surface area contributed by atoms with E-state index >= 15 is 0 Å². The van der Waals surface area contributed by atoms with Crippen molar-refractivity contribution in [2.45, 2.75) is 104 Å². The third kappa shape index (κ3) is 7.44. The lowest BCUT2D eigenvalue weighted by molar-refractivity contribution is -0.0353. The van der Waals surface area contributed by atoms with Gasteiger partial charge in [0.2, 0.25) is 11.5 Å². The van der Waals surface area contributed by atoms with E-state index in [9.17, 15) is 5.26 Å². The monoisotopic (exact) mass is 594 g/mol. The molecule has 2 aliphatic rings. The number of hydrogen-bond donors (Lipinski definition) is 0. The number of methoxy groups -OCH3 is 2. The number of benzene rings is 2. The second kappa shape index (κ2) is 15.4. The van der Waals surface area contributed by atoms with E-state index in [0.29, 0.717) is 49.2 Å². The molecule has 2 unspecified atom stereocenters. The van der Waals surface area contributed by atoms with Crippen LogP contribution in [0.1, 0.15) is 89.7 Å². The summed E-state index contributed by atoms with van der Waals surface area (Å²) in [5.41, 5.74) is 1.49. The fraction of sp³-hybridized carbons (Fsp3) is 0.629. The van der Waals surface area contributed by atoms with Gasteiger partial charge in [-0.3, -0.25) is 4.90 Å². The maximum atomic E-state index is 10.2. The lowest BCUT2D eigenvalue weighted by atomic mass is 9.83. The Labute approximate surface area is 258 Å². The lowest BCUT2D eigenvalue weighted by Gasteiger charge is -2.37. The SMILES string of the molecule is CCCCCOc1c2c(c(OCCCCC)c(OC)c1OC)CN(C)C(CCCC(C)(C#N)C1Oc3ccccc3O1)C2. The van der Waals surface area contributed by atoms with Gasteiger partial charge in [-0.1, -0.05) is 58.1 Å². The van der Waals surface area contributed by atoms with E-state index in [0.717, 1.165) is 80.4 Å². The highest BCUT2D eigenvalue weighted by Gasteiger charge is 2.42. The van der Waals surface area contributed by atoms with E-state index in [1.54, 1.807) is 14.2 Å². The van der Waals surface area contributed by atoms with E-state index in [4.69, 9.17) is 28.4 Å². The quantitative estimate of drug-likeness (QED) is 0.172. The van der Waals surface area contributed by atoms with Gasteiger partial charge in [-0.15, -0.1) is 0 Å². The predicted molar refractivity (Wildman–Crippen MR) is 168 cm³/mol. The molecule has 0 radical (unpaired) electrons. The Balaban J connectivity index is 1.54. The molecule has 2 atom stereocenters. The third-order valence-electron chi connectivity index (χ3n) is 8.72. The van der Waals surface area contributed by atoms with Crippen LogP contribution in [0, 0.1) is 16.7 Å². The van der Waals surface area contributed by atoms with E-state index in [2.05, 4.69) is 31.9 Å². The molecule has 2 aromatic carbocycles. The lowest BCUT2D eigenvalue weighted by Crippen LogP contribution is -2.40. The van der Waals surface area contributed by atoms with Crippen LogP contribution in [0.3, 0.4) is 0 Å². The average Bonchev–Trinajstić information content (AvgIpc) is 3.47. The molecule has 0 aliphatic carbocycles. The Kier molecular flexibility index (Phi) is 11.7. The predicted octanol–water partition coefficient (Wildman–Crippen LogP) is 7.70. The maximum absolute atomic E-state index is 10.2. The van der Waals surface area contributed by atoms with Crippen LogP contribution in [-0.4, -0.2) is 51.7 Å². The molecule has 4 rings (SSSR count). The third-order valence-corrected chi connectivity index (χ3v) is 8.72. The number of para-hydroxylation sites is 2. The molecule has 0 aromatic heterocycles. The first-order valence-electron chi connectivity index (χ1n) is 16.0. The van der Waals surface area contributed by atoms with Crippen LogP contribution >= 0.6 is 0 Å². The van der Waals surface area contributed by atoms with Crippen LogP contribution in [0.5, 0.6) is 34.5 Å². The van der Waals surface area contributed by atoms with Gasteiger partial charge in [0.05, 0.1) is 33.5 Å². The molecule has 0 spiro atoms. The van der Waals surface area contributed by atoms with Crippen molar-refractivity contribution in [3.05, 3.63) is 35.4 Å². The number of nitrogens with zero attached hydrogens (tertiary/aromatic N) is 2. The van der Waals surface area contributed by atoms with Crippen molar-refractivity contribution in [3.8, 4) is 40.6 Å². The van der Waals surface area contributed by atoms with Crippen molar-refractivity contribution in [2.75, 3.05) is 34.5 Å². The van der Waals surface area contributed by atoms with Gasteiger partial charge in [0.1, 0.15) is 5.41 Å². The van der Waals surface area contributed by atoms with Crippen LogP contribution in [0.25, 0.3) is 0 Å². The molecule has 8 heteroatoms. The van der Waals surface area contributed by atoms with E-state index in [-0.39, 0.29) is 6.04 Å². The van der Waals surface area contributed by atoms with Crippen LogP contribution in [0.2, 0.25) is 0 Å². The Morgan fingerprint density at radius 3 is 1.93 bits per heavy atom. The minimum Gasteiger partial charge on any atom is -0.490 e. The molecule has 0 saturated carbocycles. The van der Waals surface area contributed by atoms with Crippen molar-refractivity contribution >= 4 is 0 Å². The van der Waals surface area contributed by atoms with Gasteiger partial charge in [-0.05, 0) is 58.2 Å². The zero-order chi connectivity index (χ0) is 30.8. The number of rotatable bonds is 17. The summed E-state index contributed by atoms with van der Waals surface area (Å²) in [4.78, 5) is 2.39. The number of likely N-dealkylation sites (N-methyl/N-ethyl adjacent to an activating group) is 1. The summed E-state index contributed by atoms with van der Waals surface area (Å²) in [7, 11) is 5.50. The van der Waals surface area contributed by atoms with Crippen LogP contribution in [-0.2, 0) is 13.0 Å². The first kappa shape index (κ1) is 32.6. The van der Waals surface area contributed by atoms with E-state index < -0.39 is 11.7 Å². The summed E-state index contributed by atoms with van der Waals surface area (Å²) in [6.07, 6.45) is 9.08. The molecule has 0 N–H and O–H groups in total. The van der Waals surface area contributed by atoms with Gasteiger partial charge in [-0.2, -0.15) is 5.26 Å². The smallest absolute Gasteiger partial charge is 0.259 e. The van der Waals surface area contributed by atoms with Gasteiger partial charge in [0, 0.05) is 23.7 Å². The summed E-state index contributed by atoms with van der Waals surface area (Å²) >= 11 is 0. The molecule has 236 valence electrons. The van der Waals surface area contributed by atoms with Crippen LogP contribution in [0.15, 0.2) is 24.3 Å². The Hall–Kier alpha value is -3.31. The second-order valence-corrected chi connectivity index (χ2v) is 12.0. The zero-order valence-corrected chi connectivity index (χ0v) is 27.0. The fourth-order valence-corrected chi connectivity index (χ4v) is 6.05. The van der Waals surface area contributed by atoms with Gasteiger partial charge in [0.25, 0.3) is 6.29 Å². The van der Waals surface area contributed by atoms with Gasteiger partial charge in [-0.25, -0.2) is 0 Å². The Morgan fingerprint density at radius 2 is 1.42 bits per heavy atom. The standard InChI is InChI=1S/C35H50N2O6/c1-7-9-13-20-40-30-26-22-25(16-15-19-35(3,24-36)34-42-28-17-11-12-18-29(28)43-34)37(4)23-27(26)31(41-21-14-10-8-2)33(39-6)32(30)38-5/h11-12,17-18,25,34H,7-10,13-16,19-23H2,1-6H3. The zero-order valence-electron chi connectivity index (χ0n) is 27.0. The maximum Gasteiger partial charge on any atom is 0.259 e. The number of nitriles is 1. The molecular weight excluding hydrogens is 544 g/mol. The highest BCUT2D eigenvalue weighted by molar-refractivity contribution is 5.68. The topological polar surface area (TPSA) is 82.4 Å². The number of unbranched alkanes of at least 4 members (excludes halogenated alkanes) is 4. The highest BCUT2D eigenvalue weighted by Crippen LogP contribution is 2.52. The summed E-state index contributed by atoms with van der Waals surface area (Å²) in [5.74, 6) is 4.15. The molecular formula is C35H50N2O6. The van der Waals surface area contributed by atoms with Crippen molar-refractivity contribution < 1.29 is 28.4 Å². The first-order valence-corrected chi connectivity index (χ1v) is 16.0. The molecule has 2 aromatic rings. The minimum absolute atomic E-state index is 0.266. The number of hydrogen-bond acceptors (Lipinski definition) is 8. The second-order valence-electron chi connectivity index (χ2n) is 12.0. The minimum atomic E-state index is -0.770. The largest absolute Gasteiger partial charge is 0.490 e.